The van der Waals surface area contributed by atoms with Gasteiger partial charge in [0.15, 0.2) is 6.10 Å². The van der Waals surface area contributed by atoms with Gasteiger partial charge >= 0.3 is 5.97 Å². The SMILES string of the molecule is COc1cccc(NC(=O)[C@H](C)OC(=O)CNS(=O)(=O)c2ccc(C)c(C)c2)c1. The number of methoxy groups -OCH3 is 1. The molecule has 0 heterocycles. The summed E-state index contributed by atoms with van der Waals surface area (Å²) in [5, 5.41) is 2.60. The molecule has 29 heavy (non-hydrogen) atoms. The first-order chi connectivity index (χ1) is 13.6. The molecule has 0 fully saturated rings. The van der Waals surface area contributed by atoms with E-state index in [-0.39, 0.29) is 4.90 Å². The second-order valence-corrected chi connectivity index (χ2v) is 8.19. The normalized spacial score (nSPS) is 12.1. The lowest BCUT2D eigenvalue weighted by Crippen LogP contribution is -2.35. The number of esters is 1. The minimum Gasteiger partial charge on any atom is -0.497 e. The summed E-state index contributed by atoms with van der Waals surface area (Å²) in [5.74, 6) is -0.859. The Morgan fingerprint density at radius 2 is 1.79 bits per heavy atom. The molecule has 0 aliphatic heterocycles. The van der Waals surface area contributed by atoms with Crippen LogP contribution in [-0.2, 0) is 24.3 Å². The van der Waals surface area contributed by atoms with E-state index in [1.165, 1.54) is 26.2 Å². The molecule has 0 aliphatic rings. The monoisotopic (exact) mass is 420 g/mol. The fourth-order valence-corrected chi connectivity index (χ4v) is 3.41. The second-order valence-electron chi connectivity index (χ2n) is 6.42. The molecular weight excluding hydrogens is 396 g/mol. The van der Waals surface area contributed by atoms with Crippen LogP contribution in [0.4, 0.5) is 5.69 Å². The standard InChI is InChI=1S/C20H24N2O6S/c1-13-8-9-18(10-14(13)2)29(25,26)21-12-19(23)28-15(3)20(24)22-16-6-5-7-17(11-16)27-4/h5-11,15,21H,12H2,1-4H3,(H,22,24)/t15-/m0/s1. The summed E-state index contributed by atoms with van der Waals surface area (Å²) < 4.78 is 36.9. The van der Waals surface area contributed by atoms with Crippen molar-refractivity contribution in [3.8, 4) is 5.75 Å². The Balaban J connectivity index is 1.90. The van der Waals surface area contributed by atoms with Gasteiger partial charge in [-0.3, -0.25) is 9.59 Å². The number of sulfonamides is 1. The zero-order valence-electron chi connectivity index (χ0n) is 16.7. The zero-order chi connectivity index (χ0) is 21.6. The molecule has 2 N–H and O–H groups in total. The summed E-state index contributed by atoms with van der Waals surface area (Å²) in [6.45, 7) is 4.47. The number of hydrogen-bond donors (Lipinski definition) is 2. The Morgan fingerprint density at radius 1 is 1.07 bits per heavy atom. The summed E-state index contributed by atoms with van der Waals surface area (Å²) in [7, 11) is -2.37. The van der Waals surface area contributed by atoms with Crippen molar-refractivity contribution in [2.45, 2.75) is 31.8 Å². The van der Waals surface area contributed by atoms with Crippen LogP contribution in [0.3, 0.4) is 0 Å². The van der Waals surface area contributed by atoms with Crippen LogP contribution in [0.1, 0.15) is 18.1 Å². The van der Waals surface area contributed by atoms with Gasteiger partial charge in [0.1, 0.15) is 12.3 Å². The average molecular weight is 420 g/mol. The molecule has 2 aromatic carbocycles. The molecule has 2 rings (SSSR count). The van der Waals surface area contributed by atoms with E-state index in [0.717, 1.165) is 11.1 Å². The number of aryl methyl sites for hydroxylation is 2. The molecule has 0 saturated heterocycles. The highest BCUT2D eigenvalue weighted by Crippen LogP contribution is 2.17. The van der Waals surface area contributed by atoms with Gasteiger partial charge in [-0.25, -0.2) is 8.42 Å². The zero-order valence-corrected chi connectivity index (χ0v) is 17.5. The maximum Gasteiger partial charge on any atom is 0.321 e. The summed E-state index contributed by atoms with van der Waals surface area (Å²) in [4.78, 5) is 24.2. The third-order valence-corrected chi connectivity index (χ3v) is 5.61. The third kappa shape index (κ3) is 6.30. The van der Waals surface area contributed by atoms with E-state index in [4.69, 9.17) is 9.47 Å². The van der Waals surface area contributed by atoms with Crippen molar-refractivity contribution in [1.82, 2.24) is 4.72 Å². The summed E-state index contributed by atoms with van der Waals surface area (Å²) >= 11 is 0. The molecule has 156 valence electrons. The van der Waals surface area contributed by atoms with Crippen molar-refractivity contribution in [3.63, 3.8) is 0 Å². The van der Waals surface area contributed by atoms with Gasteiger partial charge in [0.25, 0.3) is 5.91 Å². The molecule has 0 bridgehead atoms. The van der Waals surface area contributed by atoms with Gasteiger partial charge in [-0.2, -0.15) is 4.72 Å². The highest BCUT2D eigenvalue weighted by atomic mass is 32.2. The fraction of sp³-hybridized carbons (Fsp3) is 0.300. The molecule has 8 nitrogen and oxygen atoms in total. The van der Waals surface area contributed by atoms with Crippen molar-refractivity contribution in [2.75, 3.05) is 19.0 Å². The van der Waals surface area contributed by atoms with Gasteiger partial charge in [-0.05, 0) is 56.2 Å². The number of amides is 1. The molecule has 0 aromatic heterocycles. The van der Waals surface area contributed by atoms with Crippen LogP contribution in [0.15, 0.2) is 47.4 Å². The van der Waals surface area contributed by atoms with E-state index in [1.54, 1.807) is 37.3 Å². The molecule has 9 heteroatoms. The van der Waals surface area contributed by atoms with E-state index >= 15 is 0 Å². The van der Waals surface area contributed by atoms with E-state index in [1.807, 2.05) is 6.92 Å². The number of ether oxygens (including phenoxy) is 2. The quantitative estimate of drug-likeness (QED) is 0.633. The van der Waals surface area contributed by atoms with Crippen molar-refractivity contribution in [1.29, 1.82) is 0 Å². The van der Waals surface area contributed by atoms with E-state index in [2.05, 4.69) is 10.0 Å². The number of carbonyl (C=O) groups excluding carboxylic acids is 2. The van der Waals surface area contributed by atoms with Crippen LogP contribution >= 0.6 is 0 Å². The summed E-state index contributed by atoms with van der Waals surface area (Å²) in [6, 6.07) is 11.4. The Kier molecular flexibility index (Phi) is 7.35. The van der Waals surface area contributed by atoms with Crippen molar-refractivity contribution in [3.05, 3.63) is 53.6 Å². The first kappa shape index (κ1) is 22.4. The van der Waals surface area contributed by atoms with Crippen LogP contribution in [0.2, 0.25) is 0 Å². The Bertz CT molecular complexity index is 1000. The van der Waals surface area contributed by atoms with Crippen LogP contribution in [0.5, 0.6) is 5.75 Å². The van der Waals surface area contributed by atoms with Crippen LogP contribution < -0.4 is 14.8 Å². The maximum absolute atomic E-state index is 12.3. The molecule has 1 amide bonds. The number of benzene rings is 2. The van der Waals surface area contributed by atoms with Crippen LogP contribution in [-0.4, -0.2) is 40.1 Å². The molecule has 0 radical (unpaired) electrons. The van der Waals surface area contributed by atoms with Gasteiger partial charge in [0.2, 0.25) is 10.0 Å². The Labute approximate surface area is 170 Å². The predicted octanol–water partition coefficient (Wildman–Crippen LogP) is 2.16. The first-order valence-corrected chi connectivity index (χ1v) is 10.3. The highest BCUT2D eigenvalue weighted by molar-refractivity contribution is 7.89. The average Bonchev–Trinajstić information content (AvgIpc) is 2.68. The Hall–Kier alpha value is -2.91. The lowest BCUT2D eigenvalue weighted by Gasteiger charge is -2.14. The van der Waals surface area contributed by atoms with E-state index in [0.29, 0.717) is 11.4 Å². The molecule has 2 aromatic rings. The number of hydrogen-bond acceptors (Lipinski definition) is 6. The topological polar surface area (TPSA) is 111 Å². The number of nitrogens with one attached hydrogen (secondary N) is 2. The molecule has 1 atom stereocenters. The van der Waals surface area contributed by atoms with Gasteiger partial charge < -0.3 is 14.8 Å². The fourth-order valence-electron chi connectivity index (χ4n) is 2.36. The lowest BCUT2D eigenvalue weighted by molar-refractivity contribution is -0.151. The van der Waals surface area contributed by atoms with Crippen molar-refractivity contribution >= 4 is 27.6 Å². The summed E-state index contributed by atoms with van der Waals surface area (Å²) in [6.07, 6.45) is -1.11. The smallest absolute Gasteiger partial charge is 0.321 e. The van der Waals surface area contributed by atoms with Gasteiger partial charge in [-0.1, -0.05) is 12.1 Å². The number of rotatable bonds is 8. The van der Waals surface area contributed by atoms with Crippen molar-refractivity contribution < 1.29 is 27.5 Å². The molecule has 0 aliphatic carbocycles. The van der Waals surface area contributed by atoms with Gasteiger partial charge in [0.05, 0.1) is 12.0 Å². The van der Waals surface area contributed by atoms with E-state index in [9.17, 15) is 18.0 Å². The first-order valence-electron chi connectivity index (χ1n) is 8.83. The van der Waals surface area contributed by atoms with E-state index < -0.39 is 34.5 Å². The third-order valence-electron chi connectivity index (χ3n) is 4.21. The molecule has 0 saturated carbocycles. The number of carbonyl (C=O) groups is 2. The Morgan fingerprint density at radius 3 is 2.45 bits per heavy atom. The van der Waals surface area contributed by atoms with Crippen LogP contribution in [0.25, 0.3) is 0 Å². The minimum atomic E-state index is -3.87. The number of anilines is 1. The minimum absolute atomic E-state index is 0.0530. The van der Waals surface area contributed by atoms with Crippen molar-refractivity contribution in [2.24, 2.45) is 0 Å². The van der Waals surface area contributed by atoms with Gasteiger partial charge in [-0.15, -0.1) is 0 Å². The highest BCUT2D eigenvalue weighted by Gasteiger charge is 2.21. The largest absolute Gasteiger partial charge is 0.497 e. The second kappa shape index (κ2) is 9.53. The van der Waals surface area contributed by atoms with Crippen LogP contribution in [0, 0.1) is 13.8 Å². The summed E-state index contributed by atoms with van der Waals surface area (Å²) in [5.41, 5.74) is 2.25. The molecule has 0 unspecified atom stereocenters. The maximum atomic E-state index is 12.3. The lowest BCUT2D eigenvalue weighted by atomic mass is 10.1. The predicted molar refractivity (Wildman–Crippen MR) is 108 cm³/mol. The molecular formula is C20H24N2O6S. The molecule has 0 spiro atoms. The van der Waals surface area contributed by atoms with Gasteiger partial charge in [0, 0.05) is 11.8 Å².